The zero-order chi connectivity index (χ0) is 26.1. The number of para-hydroxylation sites is 1. The number of anilines is 1. The highest BCUT2D eigenvalue weighted by Crippen LogP contribution is 2.50. The van der Waals surface area contributed by atoms with E-state index in [1.54, 1.807) is 61.7 Å². The summed E-state index contributed by atoms with van der Waals surface area (Å²) in [6.07, 6.45) is -1.11. The van der Waals surface area contributed by atoms with Crippen LogP contribution in [0.5, 0.6) is 28.7 Å². The van der Waals surface area contributed by atoms with Crippen molar-refractivity contribution in [1.82, 2.24) is 0 Å². The van der Waals surface area contributed by atoms with Crippen LogP contribution >= 0.6 is 0 Å². The van der Waals surface area contributed by atoms with Crippen molar-refractivity contribution in [1.29, 1.82) is 0 Å². The van der Waals surface area contributed by atoms with Crippen LogP contribution < -0.4 is 34.6 Å². The Morgan fingerprint density at radius 1 is 0.838 bits per heavy atom. The average molecular weight is 504 g/mol. The number of nitrogens with one attached hydrogen (secondary N) is 1. The van der Waals surface area contributed by atoms with Gasteiger partial charge in [-0.2, -0.15) is 0 Å². The third-order valence-corrected chi connectivity index (χ3v) is 6.34. The zero-order valence-corrected chi connectivity index (χ0v) is 20.7. The van der Waals surface area contributed by atoms with Crippen molar-refractivity contribution in [3.8, 4) is 28.7 Å². The SMILES string of the molecule is COc1ccc(NC(=O)[C@@H]2Oc3c(c(=O)oc4ccccc34)[C@@H]2c2ccc(OC)c(OC)c2OC)cc1. The monoisotopic (exact) mass is 503 g/mol. The molecule has 0 saturated heterocycles. The highest BCUT2D eigenvalue weighted by molar-refractivity contribution is 5.98. The number of carbonyl (C=O) groups excluding carboxylic acids is 1. The van der Waals surface area contributed by atoms with E-state index >= 15 is 0 Å². The lowest BCUT2D eigenvalue weighted by Gasteiger charge is -2.22. The molecule has 37 heavy (non-hydrogen) atoms. The van der Waals surface area contributed by atoms with Crippen LogP contribution in [0.4, 0.5) is 5.69 Å². The molecular formula is C28H25NO8. The Balaban J connectivity index is 1.68. The van der Waals surface area contributed by atoms with E-state index in [0.29, 0.717) is 51.0 Å². The molecule has 0 bridgehead atoms. The lowest BCUT2D eigenvalue weighted by atomic mass is 9.87. The van der Waals surface area contributed by atoms with Crippen LogP contribution in [0.1, 0.15) is 17.0 Å². The molecule has 2 atom stereocenters. The van der Waals surface area contributed by atoms with Crippen molar-refractivity contribution in [3.63, 3.8) is 0 Å². The minimum absolute atomic E-state index is 0.221. The molecule has 0 unspecified atom stereocenters. The third-order valence-electron chi connectivity index (χ3n) is 6.34. The number of rotatable bonds is 7. The molecule has 1 aliphatic heterocycles. The van der Waals surface area contributed by atoms with Crippen LogP contribution in [-0.4, -0.2) is 40.5 Å². The van der Waals surface area contributed by atoms with Gasteiger partial charge in [0.1, 0.15) is 17.1 Å². The molecule has 9 nitrogen and oxygen atoms in total. The summed E-state index contributed by atoms with van der Waals surface area (Å²) in [4.78, 5) is 26.9. The van der Waals surface area contributed by atoms with Gasteiger partial charge in [-0.3, -0.25) is 4.79 Å². The predicted molar refractivity (Wildman–Crippen MR) is 136 cm³/mol. The average Bonchev–Trinajstić information content (AvgIpc) is 3.34. The molecule has 3 aromatic carbocycles. The fraction of sp³-hybridized carbons (Fsp3) is 0.214. The first kappa shape index (κ1) is 24.1. The molecule has 0 radical (unpaired) electrons. The van der Waals surface area contributed by atoms with Crippen molar-refractivity contribution in [2.75, 3.05) is 33.8 Å². The highest BCUT2D eigenvalue weighted by Gasteiger charge is 2.46. The van der Waals surface area contributed by atoms with E-state index in [-0.39, 0.29) is 5.56 Å². The Bertz CT molecular complexity index is 1530. The van der Waals surface area contributed by atoms with Crippen molar-refractivity contribution < 1.29 is 32.9 Å². The highest BCUT2D eigenvalue weighted by atomic mass is 16.5. The number of amides is 1. The van der Waals surface area contributed by atoms with Crippen LogP contribution in [0, 0.1) is 0 Å². The zero-order valence-electron chi connectivity index (χ0n) is 20.7. The molecule has 0 saturated carbocycles. The summed E-state index contributed by atoms with van der Waals surface area (Å²) in [7, 11) is 6.04. The Morgan fingerprint density at radius 2 is 1.57 bits per heavy atom. The number of hydrogen-bond donors (Lipinski definition) is 1. The minimum atomic E-state index is -1.11. The van der Waals surface area contributed by atoms with Gasteiger partial charge in [0.05, 0.1) is 45.3 Å². The first-order valence-corrected chi connectivity index (χ1v) is 11.5. The van der Waals surface area contributed by atoms with E-state index in [1.165, 1.54) is 21.3 Å². The number of methoxy groups -OCH3 is 4. The quantitative estimate of drug-likeness (QED) is 0.371. The van der Waals surface area contributed by atoms with Crippen LogP contribution in [0.2, 0.25) is 0 Å². The van der Waals surface area contributed by atoms with E-state index in [2.05, 4.69) is 5.32 Å². The van der Waals surface area contributed by atoms with Gasteiger partial charge in [-0.25, -0.2) is 4.79 Å². The van der Waals surface area contributed by atoms with E-state index < -0.39 is 23.6 Å². The van der Waals surface area contributed by atoms with E-state index in [1.807, 2.05) is 6.07 Å². The van der Waals surface area contributed by atoms with Gasteiger partial charge >= 0.3 is 5.63 Å². The second-order valence-electron chi connectivity index (χ2n) is 8.29. The van der Waals surface area contributed by atoms with Gasteiger partial charge in [0, 0.05) is 11.3 Å². The van der Waals surface area contributed by atoms with Gasteiger partial charge in [-0.15, -0.1) is 0 Å². The summed E-state index contributed by atoms with van der Waals surface area (Å²) >= 11 is 0. The summed E-state index contributed by atoms with van der Waals surface area (Å²) in [5, 5.41) is 3.46. The molecule has 2 heterocycles. The summed E-state index contributed by atoms with van der Waals surface area (Å²) in [6.45, 7) is 0. The number of carbonyl (C=O) groups is 1. The number of fused-ring (bicyclic) bond motifs is 3. The summed E-state index contributed by atoms with van der Waals surface area (Å²) in [5.41, 5.74) is 1.03. The fourth-order valence-electron chi connectivity index (χ4n) is 4.66. The molecule has 190 valence electrons. The molecule has 1 aromatic heterocycles. The Hall–Kier alpha value is -4.66. The van der Waals surface area contributed by atoms with Crippen molar-refractivity contribution in [2.45, 2.75) is 12.0 Å². The predicted octanol–water partition coefficient (Wildman–Crippen LogP) is 4.36. The normalized spacial score (nSPS) is 16.0. The molecular weight excluding hydrogens is 478 g/mol. The molecule has 1 aliphatic rings. The first-order valence-electron chi connectivity index (χ1n) is 11.5. The maximum absolute atomic E-state index is 13.6. The number of ether oxygens (including phenoxy) is 5. The number of benzene rings is 3. The van der Waals surface area contributed by atoms with Gasteiger partial charge in [-0.1, -0.05) is 18.2 Å². The van der Waals surface area contributed by atoms with E-state index in [0.717, 1.165) is 0 Å². The molecule has 1 amide bonds. The van der Waals surface area contributed by atoms with Gasteiger partial charge in [0.15, 0.2) is 17.6 Å². The number of hydrogen-bond acceptors (Lipinski definition) is 8. The molecule has 0 fully saturated rings. The van der Waals surface area contributed by atoms with Gasteiger partial charge < -0.3 is 33.4 Å². The molecule has 0 aliphatic carbocycles. The summed E-state index contributed by atoms with van der Waals surface area (Å²) in [6, 6.07) is 17.3. The molecule has 0 spiro atoms. The lowest BCUT2D eigenvalue weighted by molar-refractivity contribution is -0.122. The molecule has 4 aromatic rings. The third kappa shape index (κ3) is 4.08. The Morgan fingerprint density at radius 3 is 2.24 bits per heavy atom. The van der Waals surface area contributed by atoms with E-state index in [4.69, 9.17) is 28.1 Å². The summed E-state index contributed by atoms with van der Waals surface area (Å²) in [5.74, 6) is 0.721. The molecule has 9 heteroatoms. The topological polar surface area (TPSA) is 105 Å². The van der Waals surface area contributed by atoms with Crippen LogP contribution in [0.3, 0.4) is 0 Å². The van der Waals surface area contributed by atoms with Gasteiger partial charge in [-0.05, 0) is 42.5 Å². The Kier molecular flexibility index (Phi) is 6.35. The standard InChI is InChI=1S/C28H25NO8/c1-32-16-11-9-15(10-12-16)29-27(30)26-21(18-13-14-20(33-2)25(35-4)24(18)34-3)22-23(37-26)17-7-5-6-8-19(17)36-28(22)31/h5-14,21,26H,1-4H3,(H,29,30)/t21-,26+/m0/s1. The summed E-state index contributed by atoms with van der Waals surface area (Å²) < 4.78 is 33.7. The first-order chi connectivity index (χ1) is 18.0. The van der Waals surface area contributed by atoms with Crippen LogP contribution in [0.25, 0.3) is 11.0 Å². The second-order valence-corrected chi connectivity index (χ2v) is 8.29. The van der Waals surface area contributed by atoms with Crippen LogP contribution in [-0.2, 0) is 4.79 Å². The fourth-order valence-corrected chi connectivity index (χ4v) is 4.66. The second kappa shape index (κ2) is 9.77. The molecule has 1 N–H and O–H groups in total. The van der Waals surface area contributed by atoms with E-state index in [9.17, 15) is 9.59 Å². The largest absolute Gasteiger partial charge is 0.497 e. The van der Waals surface area contributed by atoms with Crippen LogP contribution in [0.15, 0.2) is 69.9 Å². The maximum atomic E-state index is 13.6. The molecule has 5 rings (SSSR count). The Labute approximate surface area is 212 Å². The van der Waals surface area contributed by atoms with Gasteiger partial charge in [0.25, 0.3) is 5.91 Å². The van der Waals surface area contributed by atoms with Crippen molar-refractivity contribution >= 4 is 22.6 Å². The van der Waals surface area contributed by atoms with Crippen molar-refractivity contribution in [3.05, 3.63) is 82.2 Å². The van der Waals surface area contributed by atoms with Gasteiger partial charge in [0.2, 0.25) is 5.75 Å². The smallest absolute Gasteiger partial charge is 0.344 e. The minimum Gasteiger partial charge on any atom is -0.497 e. The lowest BCUT2D eigenvalue weighted by Crippen LogP contribution is -2.35. The maximum Gasteiger partial charge on any atom is 0.344 e. The van der Waals surface area contributed by atoms with Crippen molar-refractivity contribution in [2.24, 2.45) is 0 Å².